The van der Waals surface area contributed by atoms with Gasteiger partial charge in [0.25, 0.3) is 5.91 Å². The number of aryl methyl sites for hydroxylation is 1. The summed E-state index contributed by atoms with van der Waals surface area (Å²) in [6.45, 7) is 6.30. The van der Waals surface area contributed by atoms with E-state index in [0.29, 0.717) is 11.7 Å². The quantitative estimate of drug-likeness (QED) is 0.466. The molecule has 1 N–H and O–H groups in total. The van der Waals surface area contributed by atoms with E-state index in [1.54, 1.807) is 0 Å². The second-order valence-electron chi connectivity index (χ2n) is 7.40. The van der Waals surface area contributed by atoms with Gasteiger partial charge in [-0.25, -0.2) is 0 Å². The number of benzene rings is 3. The van der Waals surface area contributed by atoms with Gasteiger partial charge in [0.1, 0.15) is 5.75 Å². The van der Waals surface area contributed by atoms with Gasteiger partial charge in [-0.2, -0.15) is 0 Å². The minimum absolute atomic E-state index is 0.0468. The van der Waals surface area contributed by atoms with Crippen molar-refractivity contribution < 1.29 is 9.53 Å². The third kappa shape index (κ3) is 5.48. The van der Waals surface area contributed by atoms with E-state index in [2.05, 4.69) is 54.2 Å². The summed E-state index contributed by atoms with van der Waals surface area (Å²) in [6.07, 6.45) is 0. The molecular weight excluding hydrogens is 426 g/mol. The number of hydrogen-bond acceptors (Lipinski definition) is 2. The van der Waals surface area contributed by atoms with E-state index < -0.39 is 0 Å². The van der Waals surface area contributed by atoms with Gasteiger partial charge in [-0.1, -0.05) is 74.5 Å². The highest BCUT2D eigenvalue weighted by atomic mass is 79.9. The fourth-order valence-electron chi connectivity index (χ4n) is 3.24. The number of carbonyl (C=O) groups is 1. The maximum Gasteiger partial charge on any atom is 0.258 e. The maximum atomic E-state index is 12.7. The van der Waals surface area contributed by atoms with Crippen molar-refractivity contribution in [2.24, 2.45) is 0 Å². The highest BCUT2D eigenvalue weighted by molar-refractivity contribution is 9.10. The molecule has 0 aromatic heterocycles. The predicted octanol–water partition coefficient (Wildman–Crippen LogP) is 6.17. The standard InChI is InChI=1S/C25H26BrNO2/c1-17(2)20-13-14-23(22(26)15-20)29-16-24(28)27-25(19-10-5-4-6-11-19)21-12-8-7-9-18(21)3/h4-15,17,25H,16H2,1-3H3,(H,27,28)/t25-/m1/s1. The lowest BCUT2D eigenvalue weighted by atomic mass is 9.95. The highest BCUT2D eigenvalue weighted by Crippen LogP contribution is 2.29. The van der Waals surface area contributed by atoms with Crippen LogP contribution in [0.5, 0.6) is 5.75 Å². The number of carbonyl (C=O) groups excluding carboxylic acids is 1. The van der Waals surface area contributed by atoms with Gasteiger partial charge in [0.2, 0.25) is 0 Å². The third-order valence-electron chi connectivity index (χ3n) is 4.92. The summed E-state index contributed by atoms with van der Waals surface area (Å²) in [5.41, 5.74) is 4.47. The Kier molecular flexibility index (Phi) is 7.10. The number of hydrogen-bond donors (Lipinski definition) is 1. The van der Waals surface area contributed by atoms with Crippen LogP contribution in [0.1, 0.15) is 48.1 Å². The summed E-state index contributed by atoms with van der Waals surface area (Å²) in [7, 11) is 0. The molecule has 0 radical (unpaired) electrons. The minimum atomic E-state index is -0.222. The van der Waals surface area contributed by atoms with Crippen molar-refractivity contribution in [1.82, 2.24) is 5.32 Å². The first-order chi connectivity index (χ1) is 14.0. The van der Waals surface area contributed by atoms with Crippen LogP contribution in [0.3, 0.4) is 0 Å². The van der Waals surface area contributed by atoms with Crippen molar-refractivity contribution in [3.05, 3.63) is 99.5 Å². The van der Waals surface area contributed by atoms with Crippen molar-refractivity contribution in [3.63, 3.8) is 0 Å². The van der Waals surface area contributed by atoms with Crippen LogP contribution in [0, 0.1) is 6.92 Å². The molecule has 1 amide bonds. The van der Waals surface area contributed by atoms with Gasteiger partial charge in [-0.3, -0.25) is 4.79 Å². The minimum Gasteiger partial charge on any atom is -0.483 e. The molecule has 0 bridgehead atoms. The molecule has 1 atom stereocenters. The average Bonchev–Trinajstić information content (AvgIpc) is 2.72. The van der Waals surface area contributed by atoms with E-state index in [9.17, 15) is 4.79 Å². The second-order valence-corrected chi connectivity index (χ2v) is 8.26. The third-order valence-corrected chi connectivity index (χ3v) is 5.54. The Bertz CT molecular complexity index is 970. The lowest BCUT2D eigenvalue weighted by Gasteiger charge is -2.22. The summed E-state index contributed by atoms with van der Waals surface area (Å²) in [4.78, 5) is 12.7. The summed E-state index contributed by atoms with van der Waals surface area (Å²) in [6, 6.07) is 23.9. The Hall–Kier alpha value is -2.59. The topological polar surface area (TPSA) is 38.3 Å². The van der Waals surface area contributed by atoms with Crippen molar-refractivity contribution in [1.29, 1.82) is 0 Å². The Balaban J connectivity index is 1.73. The van der Waals surface area contributed by atoms with Crippen LogP contribution >= 0.6 is 15.9 Å². The van der Waals surface area contributed by atoms with Gasteiger partial charge < -0.3 is 10.1 Å². The van der Waals surface area contributed by atoms with E-state index in [0.717, 1.165) is 21.2 Å². The van der Waals surface area contributed by atoms with Crippen molar-refractivity contribution in [3.8, 4) is 5.75 Å². The molecule has 0 aliphatic heterocycles. The van der Waals surface area contributed by atoms with Gasteiger partial charge >= 0.3 is 0 Å². The Morgan fingerprint density at radius 2 is 1.66 bits per heavy atom. The molecule has 0 fully saturated rings. The molecule has 0 spiro atoms. The van der Waals surface area contributed by atoms with Crippen molar-refractivity contribution in [2.45, 2.75) is 32.7 Å². The van der Waals surface area contributed by atoms with Crippen LogP contribution in [0.25, 0.3) is 0 Å². The second kappa shape index (κ2) is 9.75. The van der Waals surface area contributed by atoms with E-state index >= 15 is 0 Å². The van der Waals surface area contributed by atoms with E-state index in [1.165, 1.54) is 5.56 Å². The zero-order valence-electron chi connectivity index (χ0n) is 17.0. The lowest BCUT2D eigenvalue weighted by Crippen LogP contribution is -2.33. The Morgan fingerprint density at radius 3 is 2.31 bits per heavy atom. The molecule has 29 heavy (non-hydrogen) atoms. The molecule has 0 heterocycles. The number of rotatable bonds is 7. The highest BCUT2D eigenvalue weighted by Gasteiger charge is 2.19. The molecular formula is C25H26BrNO2. The maximum absolute atomic E-state index is 12.7. The van der Waals surface area contributed by atoms with Crippen LogP contribution in [0.15, 0.2) is 77.3 Å². The van der Waals surface area contributed by atoms with Crippen LogP contribution < -0.4 is 10.1 Å². The number of ether oxygens (including phenoxy) is 1. The van der Waals surface area contributed by atoms with E-state index in [4.69, 9.17) is 4.74 Å². The fourth-order valence-corrected chi connectivity index (χ4v) is 3.75. The fraction of sp³-hybridized carbons (Fsp3) is 0.240. The first kappa shape index (κ1) is 21.1. The zero-order chi connectivity index (χ0) is 20.8. The zero-order valence-corrected chi connectivity index (χ0v) is 18.6. The average molecular weight is 452 g/mol. The smallest absolute Gasteiger partial charge is 0.258 e. The van der Waals surface area contributed by atoms with Gasteiger partial charge in [0.05, 0.1) is 10.5 Å². The monoisotopic (exact) mass is 451 g/mol. The van der Waals surface area contributed by atoms with Gasteiger partial charge in [-0.15, -0.1) is 0 Å². The lowest BCUT2D eigenvalue weighted by molar-refractivity contribution is -0.123. The van der Waals surface area contributed by atoms with Crippen LogP contribution in [-0.2, 0) is 4.79 Å². The molecule has 3 nitrogen and oxygen atoms in total. The number of halogens is 1. The predicted molar refractivity (Wildman–Crippen MR) is 121 cm³/mol. The molecule has 4 heteroatoms. The Labute approximate surface area is 181 Å². The SMILES string of the molecule is Cc1ccccc1[C@H](NC(=O)COc1ccc(C(C)C)cc1Br)c1ccccc1. The van der Waals surface area contributed by atoms with Gasteiger partial charge in [0.15, 0.2) is 6.61 Å². The normalized spacial score (nSPS) is 11.9. The molecule has 0 aliphatic rings. The summed E-state index contributed by atoms with van der Waals surface area (Å²) in [5, 5.41) is 3.13. The first-order valence-corrected chi connectivity index (χ1v) is 10.6. The first-order valence-electron chi connectivity index (χ1n) is 9.77. The Morgan fingerprint density at radius 1 is 0.966 bits per heavy atom. The van der Waals surface area contributed by atoms with E-state index in [1.807, 2.05) is 60.7 Å². The molecule has 0 saturated heterocycles. The van der Waals surface area contributed by atoms with E-state index in [-0.39, 0.29) is 18.6 Å². The summed E-state index contributed by atoms with van der Waals surface area (Å²) in [5.74, 6) is 0.933. The largest absolute Gasteiger partial charge is 0.483 e. The molecule has 3 aromatic rings. The molecule has 150 valence electrons. The summed E-state index contributed by atoms with van der Waals surface area (Å²) >= 11 is 3.54. The molecule has 3 rings (SSSR count). The molecule has 0 saturated carbocycles. The van der Waals surface area contributed by atoms with Crippen LogP contribution in [0.2, 0.25) is 0 Å². The van der Waals surface area contributed by atoms with Crippen molar-refractivity contribution in [2.75, 3.05) is 6.61 Å². The van der Waals surface area contributed by atoms with Crippen molar-refractivity contribution >= 4 is 21.8 Å². The molecule has 0 unspecified atom stereocenters. The molecule has 0 aliphatic carbocycles. The summed E-state index contributed by atoms with van der Waals surface area (Å²) < 4.78 is 6.63. The number of amides is 1. The van der Waals surface area contributed by atoms with Crippen LogP contribution in [0.4, 0.5) is 0 Å². The van der Waals surface area contributed by atoms with Gasteiger partial charge in [-0.05, 0) is 63.2 Å². The van der Waals surface area contributed by atoms with Gasteiger partial charge in [0, 0.05) is 0 Å². The number of nitrogens with one attached hydrogen (secondary N) is 1. The van der Waals surface area contributed by atoms with Crippen LogP contribution in [-0.4, -0.2) is 12.5 Å². The molecule has 3 aromatic carbocycles.